The van der Waals surface area contributed by atoms with E-state index in [1.807, 2.05) is 6.07 Å². The first-order valence-corrected chi connectivity index (χ1v) is 6.76. The van der Waals surface area contributed by atoms with E-state index in [1.54, 1.807) is 41.5 Å². The van der Waals surface area contributed by atoms with Crippen LogP contribution in [0.2, 0.25) is 0 Å². The van der Waals surface area contributed by atoms with Gasteiger partial charge >= 0.3 is 6.09 Å². The van der Waals surface area contributed by atoms with Gasteiger partial charge in [-0.15, -0.1) is 0 Å². The maximum Gasteiger partial charge on any atom is 0.409 e. The van der Waals surface area contributed by atoms with Crippen LogP contribution in [0.25, 0.3) is 5.69 Å². The van der Waals surface area contributed by atoms with Crippen molar-refractivity contribution >= 4 is 6.09 Å². The van der Waals surface area contributed by atoms with E-state index in [0.29, 0.717) is 17.9 Å². The maximum atomic E-state index is 12.0. The standard InChI is InChI=1S/C15H13N5O3/c16-15(22)23-12-3-1-2-10(6-12)7-13-14(21)4-5-20(19-13)11-8-17-18-9-11/h1-6,8-9H,7H2,(H2,16,22)(H,17,18). The Labute approximate surface area is 130 Å². The van der Waals surface area contributed by atoms with Crippen molar-refractivity contribution in [2.75, 3.05) is 0 Å². The van der Waals surface area contributed by atoms with E-state index in [1.165, 1.54) is 6.07 Å². The Balaban J connectivity index is 1.89. The Morgan fingerprint density at radius 2 is 2.22 bits per heavy atom. The Kier molecular flexibility index (Phi) is 3.88. The molecule has 8 heteroatoms. The molecule has 0 saturated carbocycles. The molecule has 3 aromatic rings. The Morgan fingerprint density at radius 1 is 1.35 bits per heavy atom. The van der Waals surface area contributed by atoms with E-state index in [2.05, 4.69) is 15.3 Å². The highest BCUT2D eigenvalue weighted by molar-refractivity contribution is 5.68. The number of amides is 1. The fraction of sp³-hybridized carbons (Fsp3) is 0.0667. The van der Waals surface area contributed by atoms with Gasteiger partial charge in [0.05, 0.1) is 6.20 Å². The third-order valence-corrected chi connectivity index (χ3v) is 3.12. The van der Waals surface area contributed by atoms with Crippen LogP contribution in [0.15, 0.2) is 53.7 Å². The average Bonchev–Trinajstić information content (AvgIpc) is 3.03. The van der Waals surface area contributed by atoms with Gasteiger partial charge in [-0.3, -0.25) is 9.89 Å². The molecule has 0 atom stereocenters. The van der Waals surface area contributed by atoms with E-state index in [0.717, 1.165) is 11.3 Å². The lowest BCUT2D eigenvalue weighted by Crippen LogP contribution is -2.17. The van der Waals surface area contributed by atoms with E-state index in [4.69, 9.17) is 10.5 Å². The van der Waals surface area contributed by atoms with Crippen molar-refractivity contribution in [2.45, 2.75) is 6.42 Å². The molecule has 0 aliphatic rings. The summed E-state index contributed by atoms with van der Waals surface area (Å²) in [5.74, 6) is 0.320. The molecule has 0 saturated heterocycles. The average molecular weight is 311 g/mol. The number of aromatic amines is 1. The summed E-state index contributed by atoms with van der Waals surface area (Å²) in [5.41, 5.74) is 6.68. The molecule has 8 nitrogen and oxygen atoms in total. The normalized spacial score (nSPS) is 10.4. The first-order valence-electron chi connectivity index (χ1n) is 6.76. The van der Waals surface area contributed by atoms with Crippen molar-refractivity contribution < 1.29 is 9.53 Å². The molecular weight excluding hydrogens is 298 g/mol. The lowest BCUT2D eigenvalue weighted by molar-refractivity contribution is 0.211. The van der Waals surface area contributed by atoms with Gasteiger partial charge in [-0.05, 0) is 17.7 Å². The minimum absolute atomic E-state index is 0.175. The van der Waals surface area contributed by atoms with Gasteiger partial charge in [-0.25, -0.2) is 9.48 Å². The number of primary amides is 1. The summed E-state index contributed by atoms with van der Waals surface area (Å²) >= 11 is 0. The zero-order valence-electron chi connectivity index (χ0n) is 12.0. The summed E-state index contributed by atoms with van der Waals surface area (Å²) in [4.78, 5) is 22.8. The molecule has 0 aliphatic heterocycles. The first kappa shape index (κ1) is 14.5. The number of ether oxygens (including phenoxy) is 1. The molecule has 0 fully saturated rings. The molecule has 0 unspecified atom stereocenters. The summed E-state index contributed by atoms with van der Waals surface area (Å²) in [5, 5.41) is 10.9. The molecule has 0 radical (unpaired) electrons. The molecular formula is C15H13N5O3. The number of hydrogen-bond donors (Lipinski definition) is 2. The van der Waals surface area contributed by atoms with Crippen LogP contribution in [0.4, 0.5) is 4.79 Å². The van der Waals surface area contributed by atoms with Crippen LogP contribution in [0.1, 0.15) is 11.3 Å². The number of nitrogens with one attached hydrogen (secondary N) is 1. The minimum atomic E-state index is -0.887. The van der Waals surface area contributed by atoms with Crippen molar-refractivity contribution in [3.63, 3.8) is 0 Å². The lowest BCUT2D eigenvalue weighted by Gasteiger charge is -2.06. The third kappa shape index (κ3) is 3.43. The molecule has 0 aliphatic carbocycles. The van der Waals surface area contributed by atoms with Crippen LogP contribution >= 0.6 is 0 Å². The minimum Gasteiger partial charge on any atom is -0.410 e. The molecule has 116 valence electrons. The highest BCUT2D eigenvalue weighted by atomic mass is 16.5. The zero-order valence-corrected chi connectivity index (χ0v) is 12.0. The number of H-pyrrole nitrogens is 1. The van der Waals surface area contributed by atoms with Crippen LogP contribution < -0.4 is 15.9 Å². The molecule has 0 bridgehead atoms. The number of aromatic nitrogens is 4. The summed E-state index contributed by atoms with van der Waals surface area (Å²) < 4.78 is 6.39. The molecule has 3 rings (SSSR count). The second-order valence-corrected chi connectivity index (χ2v) is 4.77. The lowest BCUT2D eigenvalue weighted by atomic mass is 10.1. The predicted octanol–water partition coefficient (Wildman–Crippen LogP) is 1.00. The van der Waals surface area contributed by atoms with Gasteiger partial charge in [0.25, 0.3) is 0 Å². The van der Waals surface area contributed by atoms with Crippen molar-refractivity contribution in [3.8, 4) is 11.4 Å². The number of benzene rings is 1. The first-order chi connectivity index (χ1) is 11.1. The van der Waals surface area contributed by atoms with Gasteiger partial charge in [-0.2, -0.15) is 10.2 Å². The Hall–Kier alpha value is -3.42. The number of nitrogens with zero attached hydrogens (tertiary/aromatic N) is 3. The maximum absolute atomic E-state index is 12.0. The molecule has 2 aromatic heterocycles. The van der Waals surface area contributed by atoms with Gasteiger partial charge in [0, 0.05) is 24.9 Å². The van der Waals surface area contributed by atoms with Gasteiger partial charge in [0.15, 0.2) is 0 Å². The van der Waals surface area contributed by atoms with Crippen molar-refractivity contribution in [3.05, 3.63) is 70.4 Å². The van der Waals surface area contributed by atoms with Crippen LogP contribution in [0.5, 0.6) is 5.75 Å². The van der Waals surface area contributed by atoms with E-state index in [-0.39, 0.29) is 5.43 Å². The largest absolute Gasteiger partial charge is 0.410 e. The Bertz CT molecular complexity index is 886. The topological polar surface area (TPSA) is 116 Å². The van der Waals surface area contributed by atoms with Gasteiger partial charge in [0.1, 0.15) is 17.1 Å². The summed E-state index contributed by atoms with van der Waals surface area (Å²) in [6.45, 7) is 0. The van der Waals surface area contributed by atoms with Crippen molar-refractivity contribution in [1.82, 2.24) is 20.0 Å². The number of carbonyl (C=O) groups is 1. The van der Waals surface area contributed by atoms with Gasteiger partial charge in [0.2, 0.25) is 5.43 Å². The van der Waals surface area contributed by atoms with Crippen molar-refractivity contribution in [2.24, 2.45) is 5.73 Å². The number of nitrogens with two attached hydrogens (primary N) is 1. The summed E-state index contributed by atoms with van der Waals surface area (Å²) in [7, 11) is 0. The molecule has 0 spiro atoms. The smallest absolute Gasteiger partial charge is 0.409 e. The molecule has 1 amide bonds. The number of hydrogen-bond acceptors (Lipinski definition) is 5. The monoisotopic (exact) mass is 311 g/mol. The summed E-state index contributed by atoms with van der Waals surface area (Å²) in [6.07, 6.45) is 4.25. The molecule has 1 aromatic carbocycles. The van der Waals surface area contributed by atoms with Crippen LogP contribution in [-0.4, -0.2) is 26.1 Å². The zero-order chi connectivity index (χ0) is 16.2. The quantitative estimate of drug-likeness (QED) is 0.745. The predicted molar refractivity (Wildman–Crippen MR) is 81.4 cm³/mol. The molecule has 23 heavy (non-hydrogen) atoms. The van der Waals surface area contributed by atoms with Crippen LogP contribution in [0, 0.1) is 0 Å². The fourth-order valence-corrected chi connectivity index (χ4v) is 2.11. The van der Waals surface area contributed by atoms with E-state index >= 15 is 0 Å². The molecule has 3 N–H and O–H groups in total. The highest BCUT2D eigenvalue weighted by Crippen LogP contribution is 2.15. The highest BCUT2D eigenvalue weighted by Gasteiger charge is 2.07. The number of rotatable bonds is 4. The van der Waals surface area contributed by atoms with Gasteiger partial charge in [-0.1, -0.05) is 12.1 Å². The van der Waals surface area contributed by atoms with E-state index < -0.39 is 6.09 Å². The Morgan fingerprint density at radius 3 is 2.96 bits per heavy atom. The third-order valence-electron chi connectivity index (χ3n) is 3.12. The van der Waals surface area contributed by atoms with Gasteiger partial charge < -0.3 is 10.5 Å². The van der Waals surface area contributed by atoms with Crippen LogP contribution in [0.3, 0.4) is 0 Å². The van der Waals surface area contributed by atoms with Crippen molar-refractivity contribution in [1.29, 1.82) is 0 Å². The summed E-state index contributed by atoms with van der Waals surface area (Å²) in [6, 6.07) is 8.21. The second kappa shape index (κ2) is 6.14. The SMILES string of the molecule is NC(=O)Oc1cccc(Cc2nn(-c3cn[nH]c3)ccc2=O)c1. The molecule has 2 heterocycles. The number of carbonyl (C=O) groups excluding carboxylic acids is 1. The van der Waals surface area contributed by atoms with E-state index in [9.17, 15) is 9.59 Å². The fourth-order valence-electron chi connectivity index (χ4n) is 2.11. The second-order valence-electron chi connectivity index (χ2n) is 4.77. The van der Waals surface area contributed by atoms with Crippen LogP contribution in [-0.2, 0) is 6.42 Å².